The number of nitrogens with zero attached hydrogens (tertiary/aromatic N) is 3. The molecule has 6 heteroatoms. The molecule has 0 aromatic carbocycles. The number of rotatable bonds is 5. The maximum Gasteiger partial charge on any atom is 0.231 e. The molecule has 1 saturated carbocycles. The molecule has 2 N–H and O–H groups in total. The molecule has 2 rings (SSSR count). The normalized spacial score (nSPS) is 16.4. The molecule has 1 fully saturated rings. The molecule has 0 atom stereocenters. The Labute approximate surface area is 118 Å². The number of nitrogens with two attached hydrogens (primary N) is 1. The van der Waals surface area contributed by atoms with Gasteiger partial charge in [0.25, 0.3) is 0 Å². The van der Waals surface area contributed by atoms with E-state index in [-0.39, 0.29) is 12.5 Å². The van der Waals surface area contributed by atoms with Crippen LogP contribution < -0.4 is 5.73 Å². The number of hydrogen-bond acceptors (Lipinski definition) is 3. The van der Waals surface area contributed by atoms with E-state index in [4.69, 9.17) is 17.3 Å². The molecule has 0 aliphatic heterocycles. The number of primary amides is 1. The van der Waals surface area contributed by atoms with Crippen LogP contribution in [0.1, 0.15) is 36.9 Å². The SMILES string of the molecule is Cc1nn(C)c(Cl)c1CN(CC(N)=O)C1CCCC1. The second-order valence-electron chi connectivity index (χ2n) is 5.29. The number of aryl methyl sites for hydroxylation is 2. The third-order valence-electron chi connectivity index (χ3n) is 3.83. The molecule has 1 aliphatic rings. The Hall–Kier alpha value is -1.07. The Kier molecular flexibility index (Phi) is 4.47. The van der Waals surface area contributed by atoms with E-state index in [1.54, 1.807) is 4.68 Å². The van der Waals surface area contributed by atoms with Gasteiger partial charge < -0.3 is 5.73 Å². The van der Waals surface area contributed by atoms with Gasteiger partial charge in [0, 0.05) is 25.2 Å². The predicted octanol–water partition coefficient (Wildman–Crippen LogP) is 1.61. The Bertz CT molecular complexity index is 465. The van der Waals surface area contributed by atoms with Crippen molar-refractivity contribution in [2.75, 3.05) is 6.54 Å². The van der Waals surface area contributed by atoms with Crippen LogP contribution in [-0.4, -0.2) is 33.2 Å². The number of aromatic nitrogens is 2. The summed E-state index contributed by atoms with van der Waals surface area (Å²) >= 11 is 6.26. The number of amides is 1. The summed E-state index contributed by atoms with van der Waals surface area (Å²) < 4.78 is 1.67. The summed E-state index contributed by atoms with van der Waals surface area (Å²) in [5.74, 6) is -0.287. The molecule has 19 heavy (non-hydrogen) atoms. The standard InChI is InChI=1S/C13H21ClN4O/c1-9-11(13(14)17(2)16-9)7-18(8-12(15)19)10-5-3-4-6-10/h10H,3-8H2,1-2H3,(H2,15,19). The molecule has 0 spiro atoms. The molecule has 0 bridgehead atoms. The second kappa shape index (κ2) is 5.92. The lowest BCUT2D eigenvalue weighted by Gasteiger charge is -2.27. The number of halogens is 1. The van der Waals surface area contributed by atoms with Crippen molar-refractivity contribution in [2.24, 2.45) is 12.8 Å². The highest BCUT2D eigenvalue weighted by atomic mass is 35.5. The summed E-state index contributed by atoms with van der Waals surface area (Å²) in [6, 6.07) is 0.433. The quantitative estimate of drug-likeness (QED) is 0.893. The zero-order valence-electron chi connectivity index (χ0n) is 11.5. The van der Waals surface area contributed by atoms with Crippen LogP contribution in [0.15, 0.2) is 0 Å². The zero-order valence-corrected chi connectivity index (χ0v) is 12.3. The lowest BCUT2D eigenvalue weighted by atomic mass is 10.1. The van der Waals surface area contributed by atoms with Crippen molar-refractivity contribution in [3.05, 3.63) is 16.4 Å². The fraction of sp³-hybridized carbons (Fsp3) is 0.692. The minimum absolute atomic E-state index is 0.287. The monoisotopic (exact) mass is 284 g/mol. The van der Waals surface area contributed by atoms with Gasteiger partial charge in [-0.2, -0.15) is 5.10 Å². The summed E-state index contributed by atoms with van der Waals surface area (Å²) in [4.78, 5) is 13.4. The highest BCUT2D eigenvalue weighted by Gasteiger charge is 2.26. The largest absolute Gasteiger partial charge is 0.369 e. The first-order valence-electron chi connectivity index (χ1n) is 6.69. The van der Waals surface area contributed by atoms with Gasteiger partial charge in [-0.05, 0) is 19.8 Å². The van der Waals surface area contributed by atoms with Crippen molar-refractivity contribution in [3.63, 3.8) is 0 Å². The van der Waals surface area contributed by atoms with Crippen molar-refractivity contribution in [3.8, 4) is 0 Å². The topological polar surface area (TPSA) is 64.2 Å². The van der Waals surface area contributed by atoms with Gasteiger partial charge in [0.1, 0.15) is 5.15 Å². The highest BCUT2D eigenvalue weighted by molar-refractivity contribution is 6.30. The maximum absolute atomic E-state index is 11.3. The van der Waals surface area contributed by atoms with Gasteiger partial charge in [-0.3, -0.25) is 14.4 Å². The van der Waals surface area contributed by atoms with E-state index < -0.39 is 0 Å². The minimum atomic E-state index is -0.287. The van der Waals surface area contributed by atoms with E-state index in [0.717, 1.165) is 24.1 Å². The van der Waals surface area contributed by atoms with Crippen LogP contribution in [0.25, 0.3) is 0 Å². The highest BCUT2D eigenvalue weighted by Crippen LogP contribution is 2.27. The van der Waals surface area contributed by atoms with Gasteiger partial charge in [0.2, 0.25) is 5.91 Å². The lowest BCUT2D eigenvalue weighted by molar-refractivity contribution is -0.119. The summed E-state index contributed by atoms with van der Waals surface area (Å²) in [5, 5.41) is 4.95. The molecule has 0 unspecified atom stereocenters. The smallest absolute Gasteiger partial charge is 0.231 e. The van der Waals surface area contributed by atoms with Gasteiger partial charge in [-0.1, -0.05) is 24.4 Å². The van der Waals surface area contributed by atoms with E-state index >= 15 is 0 Å². The van der Waals surface area contributed by atoms with Crippen LogP contribution >= 0.6 is 11.6 Å². The van der Waals surface area contributed by atoms with Gasteiger partial charge in [0.15, 0.2) is 0 Å². The molecule has 1 aromatic heterocycles. The Morgan fingerprint density at radius 1 is 1.53 bits per heavy atom. The molecular weight excluding hydrogens is 264 g/mol. The van der Waals surface area contributed by atoms with Crippen molar-refractivity contribution < 1.29 is 4.79 Å². The molecule has 0 radical (unpaired) electrons. The third kappa shape index (κ3) is 3.28. The first kappa shape index (κ1) is 14.3. The van der Waals surface area contributed by atoms with Gasteiger partial charge in [-0.15, -0.1) is 0 Å². The Morgan fingerprint density at radius 3 is 2.63 bits per heavy atom. The first-order valence-corrected chi connectivity index (χ1v) is 7.07. The van der Waals surface area contributed by atoms with Crippen molar-refractivity contribution in [1.29, 1.82) is 0 Å². The average Bonchev–Trinajstić information content (AvgIpc) is 2.92. The Morgan fingerprint density at radius 2 is 2.16 bits per heavy atom. The maximum atomic E-state index is 11.3. The molecule has 1 amide bonds. The van der Waals surface area contributed by atoms with Gasteiger partial charge >= 0.3 is 0 Å². The van der Waals surface area contributed by atoms with Crippen molar-refractivity contribution >= 4 is 17.5 Å². The lowest BCUT2D eigenvalue weighted by Crippen LogP contribution is -2.39. The average molecular weight is 285 g/mol. The van der Waals surface area contributed by atoms with Crippen LogP contribution in [0.4, 0.5) is 0 Å². The Balaban J connectivity index is 2.16. The van der Waals surface area contributed by atoms with E-state index in [2.05, 4.69) is 10.00 Å². The first-order chi connectivity index (χ1) is 8.99. The van der Waals surface area contributed by atoms with Crippen molar-refractivity contribution in [1.82, 2.24) is 14.7 Å². The predicted molar refractivity (Wildman–Crippen MR) is 74.8 cm³/mol. The van der Waals surface area contributed by atoms with Gasteiger partial charge in [0.05, 0.1) is 12.2 Å². The fourth-order valence-electron chi connectivity index (χ4n) is 2.84. The summed E-state index contributed by atoms with van der Waals surface area (Å²) in [6.07, 6.45) is 4.70. The van der Waals surface area contributed by atoms with Gasteiger partial charge in [-0.25, -0.2) is 0 Å². The summed E-state index contributed by atoms with van der Waals surface area (Å²) in [6.45, 7) is 2.87. The molecule has 106 valence electrons. The fourth-order valence-corrected chi connectivity index (χ4v) is 3.07. The second-order valence-corrected chi connectivity index (χ2v) is 5.65. The zero-order chi connectivity index (χ0) is 14.0. The molecule has 1 heterocycles. The summed E-state index contributed by atoms with van der Waals surface area (Å²) in [7, 11) is 1.83. The van der Waals surface area contributed by atoms with E-state index in [9.17, 15) is 4.79 Å². The van der Waals surface area contributed by atoms with Crippen LogP contribution in [-0.2, 0) is 18.4 Å². The molecule has 1 aromatic rings. The van der Waals surface area contributed by atoms with Crippen LogP contribution in [0, 0.1) is 6.92 Å². The third-order valence-corrected chi connectivity index (χ3v) is 4.30. The van der Waals surface area contributed by atoms with Crippen LogP contribution in [0.5, 0.6) is 0 Å². The molecule has 0 saturated heterocycles. The van der Waals surface area contributed by atoms with E-state index in [1.165, 1.54) is 12.8 Å². The number of carbonyl (C=O) groups excluding carboxylic acids is 1. The summed E-state index contributed by atoms with van der Waals surface area (Å²) in [5.41, 5.74) is 7.28. The number of hydrogen-bond donors (Lipinski definition) is 1. The molecular formula is C13H21ClN4O. The van der Waals surface area contributed by atoms with Crippen LogP contribution in [0.2, 0.25) is 5.15 Å². The van der Waals surface area contributed by atoms with E-state index in [0.29, 0.717) is 17.7 Å². The molecule has 1 aliphatic carbocycles. The van der Waals surface area contributed by atoms with E-state index in [1.807, 2.05) is 14.0 Å². The minimum Gasteiger partial charge on any atom is -0.369 e. The number of carbonyl (C=O) groups is 1. The van der Waals surface area contributed by atoms with Crippen molar-refractivity contribution in [2.45, 2.75) is 45.2 Å². The van der Waals surface area contributed by atoms with Crippen LogP contribution in [0.3, 0.4) is 0 Å². The molecule has 5 nitrogen and oxygen atoms in total.